The number of ketones is 1. The van der Waals surface area contributed by atoms with Gasteiger partial charge in [0.15, 0.2) is 16.6 Å². The van der Waals surface area contributed by atoms with Gasteiger partial charge in [0, 0.05) is 5.56 Å². The van der Waals surface area contributed by atoms with Crippen LogP contribution in [-0.4, -0.2) is 54.2 Å². The Hall–Kier alpha value is -4.64. The largest absolute Gasteiger partial charge is 0.507 e. The molecule has 2 aliphatic rings. The zero-order valence-electron chi connectivity index (χ0n) is 22.5. The summed E-state index contributed by atoms with van der Waals surface area (Å²) in [5.41, 5.74) is 0.995. The van der Waals surface area contributed by atoms with E-state index in [1.807, 2.05) is 6.92 Å². The molecule has 10 nitrogen and oxygen atoms in total. The number of rotatable bonds is 9. The molecule has 1 atom stereocenters. The Balaban J connectivity index is 1.65. The van der Waals surface area contributed by atoms with Gasteiger partial charge in [-0.25, -0.2) is 9.78 Å². The topological polar surface area (TPSA) is 124 Å². The Morgan fingerprint density at radius 2 is 1.98 bits per heavy atom. The van der Waals surface area contributed by atoms with Gasteiger partial charge in [0.05, 0.1) is 23.9 Å². The van der Waals surface area contributed by atoms with Gasteiger partial charge in [0.25, 0.3) is 5.78 Å². The predicted octanol–water partition coefficient (Wildman–Crippen LogP) is 4.98. The lowest BCUT2D eigenvalue weighted by Gasteiger charge is -2.24. The number of hydrogen-bond acceptors (Lipinski definition) is 10. The first kappa shape index (κ1) is 27.9. The Morgan fingerprint density at radius 1 is 1.20 bits per heavy atom. The number of aliphatic hydroxyl groups excluding tert-OH is 1. The average molecular weight is 577 g/mol. The molecule has 41 heavy (non-hydrogen) atoms. The molecule has 5 rings (SSSR count). The Bertz CT molecular complexity index is 1560. The number of anilines is 1. The number of hydrogen-bond donors (Lipinski definition) is 1. The number of esters is 1. The molecule has 0 saturated carbocycles. The monoisotopic (exact) mass is 576 g/mol. The Labute approximate surface area is 240 Å². The fraction of sp³-hybridized carbons (Fsp3) is 0.267. The van der Waals surface area contributed by atoms with Crippen molar-refractivity contribution in [1.82, 2.24) is 4.98 Å². The van der Waals surface area contributed by atoms with E-state index in [-0.39, 0.29) is 33.5 Å². The SMILES string of the molecule is C=CCOC(=O)c1sc(N2C(=O)C(=O)/C(=C(\O)c3ccc4c(c3)OCCO4)C2c2cccc(OCCC)c2)nc1C. The molecule has 1 N–H and O–H groups in total. The van der Waals surface area contributed by atoms with E-state index in [0.717, 1.165) is 17.8 Å². The highest BCUT2D eigenvalue weighted by Crippen LogP contribution is 2.45. The number of aryl methyl sites for hydroxylation is 1. The molecule has 11 heteroatoms. The van der Waals surface area contributed by atoms with E-state index in [1.165, 1.54) is 11.0 Å². The molecule has 0 aliphatic carbocycles. The van der Waals surface area contributed by atoms with E-state index in [0.29, 0.717) is 48.3 Å². The van der Waals surface area contributed by atoms with Crippen molar-refractivity contribution in [2.75, 3.05) is 31.3 Å². The second kappa shape index (κ2) is 11.8. The summed E-state index contributed by atoms with van der Waals surface area (Å²) < 4.78 is 22.2. The smallest absolute Gasteiger partial charge is 0.350 e. The van der Waals surface area contributed by atoms with Crippen LogP contribution in [0.1, 0.15) is 45.9 Å². The minimum absolute atomic E-state index is 0.0100. The Morgan fingerprint density at radius 3 is 2.73 bits per heavy atom. The second-order valence-electron chi connectivity index (χ2n) is 9.25. The number of thiazole rings is 1. The van der Waals surface area contributed by atoms with Crippen molar-refractivity contribution in [1.29, 1.82) is 0 Å². The predicted molar refractivity (Wildman–Crippen MR) is 152 cm³/mol. The fourth-order valence-electron chi connectivity index (χ4n) is 4.56. The van der Waals surface area contributed by atoms with E-state index in [9.17, 15) is 19.5 Å². The van der Waals surface area contributed by atoms with Crippen molar-refractivity contribution in [2.24, 2.45) is 0 Å². The summed E-state index contributed by atoms with van der Waals surface area (Å²) in [4.78, 5) is 45.6. The summed E-state index contributed by atoms with van der Waals surface area (Å²) in [6.07, 6.45) is 2.23. The van der Waals surface area contributed by atoms with Crippen LogP contribution in [0.15, 0.2) is 60.7 Å². The van der Waals surface area contributed by atoms with E-state index in [2.05, 4.69) is 11.6 Å². The number of aliphatic hydroxyl groups is 1. The maximum Gasteiger partial charge on any atom is 0.350 e. The lowest BCUT2D eigenvalue weighted by atomic mass is 9.95. The van der Waals surface area contributed by atoms with Crippen LogP contribution in [0.2, 0.25) is 0 Å². The number of nitrogens with zero attached hydrogens (tertiary/aromatic N) is 2. The van der Waals surface area contributed by atoms with Gasteiger partial charge >= 0.3 is 11.9 Å². The first-order valence-electron chi connectivity index (χ1n) is 13.0. The third-order valence-electron chi connectivity index (χ3n) is 6.42. The minimum atomic E-state index is -1.06. The molecule has 1 aromatic heterocycles. The van der Waals surface area contributed by atoms with Crippen LogP contribution < -0.4 is 19.1 Å². The number of Topliss-reactive ketones (excluding diaryl/α,β-unsaturated/α-hetero) is 1. The third kappa shape index (κ3) is 5.40. The highest BCUT2D eigenvalue weighted by molar-refractivity contribution is 7.17. The molecule has 1 fully saturated rings. The normalized spacial score (nSPS) is 17.4. The van der Waals surface area contributed by atoms with Gasteiger partial charge < -0.3 is 24.1 Å². The summed E-state index contributed by atoms with van der Waals surface area (Å²) in [6, 6.07) is 10.7. The maximum absolute atomic E-state index is 13.6. The maximum atomic E-state index is 13.6. The molecular weight excluding hydrogens is 548 g/mol. The van der Waals surface area contributed by atoms with Crippen molar-refractivity contribution in [2.45, 2.75) is 26.3 Å². The first-order chi connectivity index (χ1) is 19.8. The van der Waals surface area contributed by atoms with Gasteiger partial charge in [0.1, 0.15) is 36.2 Å². The molecule has 0 radical (unpaired) electrons. The quantitative estimate of drug-likeness (QED) is 0.123. The highest BCUT2D eigenvalue weighted by atomic mass is 32.1. The fourth-order valence-corrected chi connectivity index (χ4v) is 5.55. The molecule has 2 aliphatic heterocycles. The second-order valence-corrected chi connectivity index (χ2v) is 10.2. The van der Waals surface area contributed by atoms with Crippen LogP contribution in [0.3, 0.4) is 0 Å². The van der Waals surface area contributed by atoms with Gasteiger partial charge in [0.2, 0.25) is 0 Å². The lowest BCUT2D eigenvalue weighted by molar-refractivity contribution is -0.132. The van der Waals surface area contributed by atoms with Crippen LogP contribution in [0.4, 0.5) is 5.13 Å². The number of aromatic nitrogens is 1. The van der Waals surface area contributed by atoms with Crippen molar-refractivity contribution < 1.29 is 38.4 Å². The molecule has 212 valence electrons. The van der Waals surface area contributed by atoms with E-state index in [4.69, 9.17) is 18.9 Å². The molecule has 0 bridgehead atoms. The molecule has 3 aromatic rings. The van der Waals surface area contributed by atoms with Gasteiger partial charge in [-0.1, -0.05) is 43.0 Å². The van der Waals surface area contributed by atoms with Crippen molar-refractivity contribution >= 4 is 39.9 Å². The van der Waals surface area contributed by atoms with Crippen LogP contribution >= 0.6 is 11.3 Å². The molecule has 1 amide bonds. The number of benzene rings is 2. The van der Waals surface area contributed by atoms with Gasteiger partial charge in [-0.2, -0.15) is 0 Å². The summed E-state index contributed by atoms with van der Waals surface area (Å²) in [5, 5.41) is 11.6. The van der Waals surface area contributed by atoms with Crippen molar-refractivity contribution in [3.05, 3.63) is 82.4 Å². The van der Waals surface area contributed by atoms with E-state index in [1.54, 1.807) is 49.4 Å². The third-order valence-corrected chi connectivity index (χ3v) is 7.55. The lowest BCUT2D eigenvalue weighted by Crippen LogP contribution is -2.29. The highest BCUT2D eigenvalue weighted by Gasteiger charge is 2.48. The van der Waals surface area contributed by atoms with E-state index >= 15 is 0 Å². The standard InChI is InChI=1S/C30H28N2O8S/c1-4-11-37-20-8-6-7-18(15-20)24-23(25(33)19-9-10-21-22(16-19)39-14-13-38-21)26(34)28(35)32(24)30-31-17(3)27(41-30)29(36)40-12-5-2/h5-10,15-16,24,33H,2,4,11-14H2,1,3H3/b25-23-. The van der Waals surface area contributed by atoms with Crippen molar-refractivity contribution in [3.63, 3.8) is 0 Å². The zero-order chi connectivity index (χ0) is 29.1. The van der Waals surface area contributed by atoms with Gasteiger partial charge in [-0.05, 0) is 49.2 Å². The summed E-state index contributed by atoms with van der Waals surface area (Å²) >= 11 is 0.927. The number of carbonyl (C=O) groups excluding carboxylic acids is 3. The molecule has 3 heterocycles. The zero-order valence-corrected chi connectivity index (χ0v) is 23.4. The molecule has 1 unspecified atom stereocenters. The molecule has 2 aromatic carbocycles. The van der Waals surface area contributed by atoms with Crippen molar-refractivity contribution in [3.8, 4) is 17.2 Å². The van der Waals surface area contributed by atoms with Crippen LogP contribution in [0, 0.1) is 6.92 Å². The Kier molecular flexibility index (Phi) is 8.06. The van der Waals surface area contributed by atoms with Gasteiger partial charge in [-0.3, -0.25) is 14.5 Å². The number of amides is 1. The van der Waals surface area contributed by atoms with Gasteiger partial charge in [-0.15, -0.1) is 0 Å². The molecule has 1 saturated heterocycles. The van der Waals surface area contributed by atoms with Crippen LogP contribution in [0.25, 0.3) is 5.76 Å². The van der Waals surface area contributed by atoms with E-state index < -0.39 is 23.7 Å². The number of ether oxygens (including phenoxy) is 4. The number of fused-ring (bicyclic) bond motifs is 1. The first-order valence-corrected chi connectivity index (χ1v) is 13.8. The van der Waals surface area contributed by atoms with Crippen LogP contribution in [0.5, 0.6) is 17.2 Å². The molecular formula is C30H28N2O8S. The summed E-state index contributed by atoms with van der Waals surface area (Å²) in [7, 11) is 0. The molecule has 0 spiro atoms. The minimum Gasteiger partial charge on any atom is -0.507 e. The summed E-state index contributed by atoms with van der Waals surface area (Å²) in [5.74, 6) is -1.32. The van der Waals surface area contributed by atoms with Crippen LogP contribution in [-0.2, 0) is 14.3 Å². The average Bonchev–Trinajstić information content (AvgIpc) is 3.50. The number of carbonyl (C=O) groups is 3. The summed E-state index contributed by atoms with van der Waals surface area (Å²) in [6.45, 7) is 8.36.